The molecule has 5 nitrogen and oxygen atoms in total. The summed E-state index contributed by atoms with van der Waals surface area (Å²) in [6, 6.07) is 4.96. The standard InChI is InChI=1S/C14H20N2O3/c1-19-13-6-5-10(15)7-11(13)14(18)16-8-9-3-2-4-12(9)17/h5-7,9,12,17H,2-4,8,15H2,1H3,(H,16,18). The maximum atomic E-state index is 12.1. The van der Waals surface area contributed by atoms with Crippen molar-refractivity contribution in [3.63, 3.8) is 0 Å². The predicted molar refractivity (Wildman–Crippen MR) is 73.1 cm³/mol. The number of nitrogens with one attached hydrogen (secondary N) is 1. The van der Waals surface area contributed by atoms with Crippen LogP contribution in [0, 0.1) is 5.92 Å². The monoisotopic (exact) mass is 264 g/mol. The quantitative estimate of drug-likeness (QED) is 0.713. The minimum atomic E-state index is -0.303. The first kappa shape index (κ1) is 13.7. The van der Waals surface area contributed by atoms with Crippen LogP contribution in [0.15, 0.2) is 18.2 Å². The average molecular weight is 264 g/mol. The van der Waals surface area contributed by atoms with Gasteiger partial charge in [0.1, 0.15) is 5.75 Å². The molecule has 1 fully saturated rings. The second-order valence-corrected chi connectivity index (χ2v) is 4.93. The minimum absolute atomic E-state index is 0.149. The van der Waals surface area contributed by atoms with Crippen LogP contribution in [0.25, 0.3) is 0 Å². The van der Waals surface area contributed by atoms with E-state index in [0.29, 0.717) is 23.5 Å². The van der Waals surface area contributed by atoms with Gasteiger partial charge >= 0.3 is 0 Å². The summed E-state index contributed by atoms with van der Waals surface area (Å²) in [6.45, 7) is 0.484. The zero-order chi connectivity index (χ0) is 13.8. The van der Waals surface area contributed by atoms with Gasteiger partial charge in [-0.05, 0) is 31.0 Å². The van der Waals surface area contributed by atoms with Crippen molar-refractivity contribution in [1.29, 1.82) is 0 Å². The van der Waals surface area contributed by atoms with Crippen LogP contribution in [0.3, 0.4) is 0 Å². The summed E-state index contributed by atoms with van der Waals surface area (Å²) in [6.07, 6.45) is 2.49. The van der Waals surface area contributed by atoms with E-state index in [1.165, 1.54) is 7.11 Å². The van der Waals surface area contributed by atoms with E-state index in [0.717, 1.165) is 19.3 Å². The van der Waals surface area contributed by atoms with Gasteiger partial charge in [0.2, 0.25) is 0 Å². The second-order valence-electron chi connectivity index (χ2n) is 4.93. The van der Waals surface area contributed by atoms with E-state index >= 15 is 0 Å². The first-order chi connectivity index (χ1) is 9.11. The third kappa shape index (κ3) is 3.17. The molecule has 0 saturated heterocycles. The van der Waals surface area contributed by atoms with Crippen molar-refractivity contribution in [1.82, 2.24) is 5.32 Å². The van der Waals surface area contributed by atoms with Crippen molar-refractivity contribution in [2.45, 2.75) is 25.4 Å². The summed E-state index contributed by atoms with van der Waals surface area (Å²) < 4.78 is 5.15. The Labute approximate surface area is 112 Å². The van der Waals surface area contributed by atoms with Crippen LogP contribution < -0.4 is 15.8 Å². The number of ether oxygens (including phenoxy) is 1. The molecule has 0 heterocycles. The molecule has 104 valence electrons. The number of rotatable bonds is 4. The Bertz CT molecular complexity index is 462. The number of aliphatic hydroxyl groups excluding tert-OH is 1. The summed E-state index contributed by atoms with van der Waals surface area (Å²) in [5, 5.41) is 12.6. The Morgan fingerprint density at radius 2 is 2.32 bits per heavy atom. The Kier molecular flexibility index (Phi) is 4.27. The molecule has 1 aliphatic carbocycles. The number of anilines is 1. The number of methoxy groups -OCH3 is 1. The lowest BCUT2D eigenvalue weighted by Crippen LogP contribution is -2.32. The van der Waals surface area contributed by atoms with Gasteiger partial charge in [-0.25, -0.2) is 0 Å². The number of carbonyl (C=O) groups excluding carboxylic acids is 1. The Balaban J connectivity index is 2.01. The molecule has 19 heavy (non-hydrogen) atoms. The number of amides is 1. The number of hydrogen-bond acceptors (Lipinski definition) is 4. The van der Waals surface area contributed by atoms with Gasteiger partial charge < -0.3 is 20.9 Å². The highest BCUT2D eigenvalue weighted by atomic mass is 16.5. The van der Waals surface area contributed by atoms with Crippen molar-refractivity contribution in [3.05, 3.63) is 23.8 Å². The van der Waals surface area contributed by atoms with Crippen LogP contribution in [-0.4, -0.2) is 30.8 Å². The average Bonchev–Trinajstić information content (AvgIpc) is 2.81. The summed E-state index contributed by atoms with van der Waals surface area (Å²) in [4.78, 5) is 12.1. The Hall–Kier alpha value is -1.75. The lowest BCUT2D eigenvalue weighted by Gasteiger charge is -2.16. The number of benzene rings is 1. The van der Waals surface area contributed by atoms with Crippen LogP contribution in [0.2, 0.25) is 0 Å². The first-order valence-corrected chi connectivity index (χ1v) is 6.51. The van der Waals surface area contributed by atoms with Crippen molar-refractivity contribution in [3.8, 4) is 5.75 Å². The van der Waals surface area contributed by atoms with Crippen LogP contribution >= 0.6 is 0 Å². The minimum Gasteiger partial charge on any atom is -0.496 e. The largest absolute Gasteiger partial charge is 0.496 e. The van der Waals surface area contributed by atoms with Crippen LogP contribution in [-0.2, 0) is 0 Å². The van der Waals surface area contributed by atoms with E-state index < -0.39 is 0 Å². The normalized spacial score (nSPS) is 22.2. The van der Waals surface area contributed by atoms with Crippen LogP contribution in [0.5, 0.6) is 5.75 Å². The zero-order valence-electron chi connectivity index (χ0n) is 11.1. The van der Waals surface area contributed by atoms with Gasteiger partial charge in [0.25, 0.3) is 5.91 Å². The highest BCUT2D eigenvalue weighted by Gasteiger charge is 2.25. The zero-order valence-corrected chi connectivity index (χ0v) is 11.1. The fourth-order valence-electron chi connectivity index (χ4n) is 2.48. The van der Waals surface area contributed by atoms with Gasteiger partial charge in [-0.1, -0.05) is 6.42 Å². The number of aliphatic hydroxyl groups is 1. The highest BCUT2D eigenvalue weighted by molar-refractivity contribution is 5.97. The predicted octanol–water partition coefficient (Wildman–Crippen LogP) is 1.17. The van der Waals surface area contributed by atoms with Crippen molar-refractivity contribution in [2.75, 3.05) is 19.4 Å². The molecule has 5 heteroatoms. The third-order valence-corrected chi connectivity index (χ3v) is 3.61. The molecule has 1 amide bonds. The van der Waals surface area contributed by atoms with E-state index in [9.17, 15) is 9.90 Å². The molecule has 1 aromatic carbocycles. The van der Waals surface area contributed by atoms with E-state index in [4.69, 9.17) is 10.5 Å². The molecule has 1 aromatic rings. The maximum absolute atomic E-state index is 12.1. The summed E-state index contributed by atoms with van der Waals surface area (Å²) >= 11 is 0. The van der Waals surface area contributed by atoms with Crippen molar-refractivity contribution in [2.24, 2.45) is 5.92 Å². The number of hydrogen-bond donors (Lipinski definition) is 3. The SMILES string of the molecule is COc1ccc(N)cc1C(=O)NCC1CCCC1O. The molecule has 2 atom stereocenters. The lowest BCUT2D eigenvalue weighted by atomic mass is 10.1. The molecule has 1 saturated carbocycles. The Morgan fingerprint density at radius 1 is 1.53 bits per heavy atom. The van der Waals surface area contributed by atoms with E-state index in [1.54, 1.807) is 18.2 Å². The molecule has 0 aliphatic heterocycles. The number of nitrogens with two attached hydrogens (primary N) is 1. The lowest BCUT2D eigenvalue weighted by molar-refractivity contribution is 0.0914. The van der Waals surface area contributed by atoms with E-state index in [1.807, 2.05) is 0 Å². The van der Waals surface area contributed by atoms with Gasteiger partial charge in [0.15, 0.2) is 0 Å². The summed E-state index contributed by atoms with van der Waals surface area (Å²) in [5.41, 5.74) is 6.63. The van der Waals surface area contributed by atoms with E-state index in [2.05, 4.69) is 5.32 Å². The second kappa shape index (κ2) is 5.93. The molecule has 0 bridgehead atoms. The summed E-state index contributed by atoms with van der Waals surface area (Å²) in [7, 11) is 1.52. The topological polar surface area (TPSA) is 84.6 Å². The van der Waals surface area contributed by atoms with Crippen LogP contribution in [0.1, 0.15) is 29.6 Å². The maximum Gasteiger partial charge on any atom is 0.255 e. The molecule has 1 aliphatic rings. The molecular weight excluding hydrogens is 244 g/mol. The van der Waals surface area contributed by atoms with Gasteiger partial charge in [-0.3, -0.25) is 4.79 Å². The van der Waals surface area contributed by atoms with Gasteiger partial charge in [0.05, 0.1) is 18.8 Å². The van der Waals surface area contributed by atoms with E-state index in [-0.39, 0.29) is 17.9 Å². The van der Waals surface area contributed by atoms with Crippen LogP contribution in [0.4, 0.5) is 5.69 Å². The number of nitrogen functional groups attached to an aromatic ring is 1. The Morgan fingerprint density at radius 3 is 2.95 bits per heavy atom. The van der Waals surface area contributed by atoms with Gasteiger partial charge in [-0.2, -0.15) is 0 Å². The molecule has 4 N–H and O–H groups in total. The molecular formula is C14H20N2O3. The third-order valence-electron chi connectivity index (χ3n) is 3.61. The number of carbonyl (C=O) groups is 1. The fourth-order valence-corrected chi connectivity index (χ4v) is 2.48. The first-order valence-electron chi connectivity index (χ1n) is 6.51. The highest BCUT2D eigenvalue weighted by Crippen LogP contribution is 2.25. The van der Waals surface area contributed by atoms with Crippen molar-refractivity contribution >= 4 is 11.6 Å². The molecule has 2 unspecified atom stereocenters. The molecule has 0 spiro atoms. The smallest absolute Gasteiger partial charge is 0.255 e. The molecule has 0 radical (unpaired) electrons. The van der Waals surface area contributed by atoms with Gasteiger partial charge in [0, 0.05) is 18.2 Å². The fraction of sp³-hybridized carbons (Fsp3) is 0.500. The molecule has 2 rings (SSSR count). The van der Waals surface area contributed by atoms with Gasteiger partial charge in [-0.15, -0.1) is 0 Å². The van der Waals surface area contributed by atoms with Crippen molar-refractivity contribution < 1.29 is 14.6 Å². The molecule has 0 aromatic heterocycles. The summed E-state index contributed by atoms with van der Waals surface area (Å²) in [5.74, 6) is 0.429.